The van der Waals surface area contributed by atoms with E-state index in [0.717, 1.165) is 0 Å². The van der Waals surface area contributed by atoms with Crippen LogP contribution in [0, 0.1) is 5.92 Å². The molecule has 21 heavy (non-hydrogen) atoms. The first kappa shape index (κ1) is 20.0. The maximum atomic E-state index is 12.0. The number of ether oxygens (including phenoxy) is 2. The van der Waals surface area contributed by atoms with Gasteiger partial charge < -0.3 is 19.4 Å². The summed E-state index contributed by atoms with van der Waals surface area (Å²) in [6, 6.07) is -0.868. The topological polar surface area (TPSA) is 81.7 Å². The van der Waals surface area contributed by atoms with Gasteiger partial charge in [-0.2, -0.15) is 0 Å². The fraction of sp³-hybridized carbons (Fsp3) is 0.857. The maximum absolute atomic E-state index is 12.0. The third-order valence-electron chi connectivity index (χ3n) is 2.51. The smallest absolute Gasteiger partial charge is 0.408 e. The first-order valence-corrected chi connectivity index (χ1v) is 9.84. The zero-order valence-corrected chi connectivity index (χ0v) is 15.0. The van der Waals surface area contributed by atoms with Gasteiger partial charge in [0.25, 0.3) is 0 Å². The predicted octanol–water partition coefficient (Wildman–Crippen LogP) is 2.70. The van der Waals surface area contributed by atoms with Crippen molar-refractivity contribution in [2.75, 3.05) is 26.1 Å². The second kappa shape index (κ2) is 7.83. The van der Waals surface area contributed by atoms with Gasteiger partial charge in [0.05, 0.1) is 13.7 Å². The molecule has 0 radical (unpaired) electrons. The summed E-state index contributed by atoms with van der Waals surface area (Å²) in [6.07, 6.45) is -0.346. The van der Waals surface area contributed by atoms with Crippen molar-refractivity contribution in [2.24, 2.45) is 5.92 Å². The van der Waals surface area contributed by atoms with E-state index in [1.807, 2.05) is 0 Å². The molecule has 0 bridgehead atoms. The third-order valence-corrected chi connectivity index (χ3v) is 3.96. The van der Waals surface area contributed by atoms with Crippen LogP contribution in [0.4, 0.5) is 4.79 Å². The van der Waals surface area contributed by atoms with Gasteiger partial charge >= 0.3 is 12.1 Å². The van der Waals surface area contributed by atoms with Crippen LogP contribution in [0.5, 0.6) is 0 Å². The van der Waals surface area contributed by atoms with Gasteiger partial charge in [0, 0.05) is 6.16 Å². The Balaban J connectivity index is 4.94. The molecule has 1 N–H and O–H groups in total. The maximum Gasteiger partial charge on any atom is 0.408 e. The highest BCUT2D eigenvalue weighted by atomic mass is 31.2. The number of hydrogen-bond donors (Lipinski definition) is 1. The van der Waals surface area contributed by atoms with Crippen LogP contribution in [0.25, 0.3) is 0 Å². The molecule has 0 spiro atoms. The Bertz CT molecular complexity index is 410. The Hall–Kier alpha value is -1.03. The molecule has 0 fully saturated rings. The minimum absolute atomic E-state index is 0.216. The number of rotatable bonds is 6. The van der Waals surface area contributed by atoms with Crippen molar-refractivity contribution in [2.45, 2.75) is 46.3 Å². The fourth-order valence-electron chi connectivity index (χ4n) is 1.90. The quantitative estimate of drug-likeness (QED) is 0.601. The second-order valence-corrected chi connectivity index (χ2v) is 10.1. The molecule has 0 unspecified atom stereocenters. The minimum atomic E-state index is -2.32. The zero-order valence-electron chi connectivity index (χ0n) is 14.1. The molecule has 0 aromatic rings. The molecule has 6 nitrogen and oxygen atoms in total. The van der Waals surface area contributed by atoms with Crippen LogP contribution in [0.2, 0.25) is 0 Å². The van der Waals surface area contributed by atoms with Crippen molar-refractivity contribution in [3.05, 3.63) is 0 Å². The largest absolute Gasteiger partial charge is 0.464 e. The summed E-state index contributed by atoms with van der Waals surface area (Å²) >= 11 is 0. The summed E-state index contributed by atoms with van der Waals surface area (Å²) in [7, 11) is -2.32. The average molecular weight is 321 g/mol. The third kappa shape index (κ3) is 9.51. The van der Waals surface area contributed by atoms with Gasteiger partial charge in [-0.3, -0.25) is 0 Å². The normalized spacial score (nSPS) is 15.0. The van der Waals surface area contributed by atoms with Crippen molar-refractivity contribution in [3.63, 3.8) is 0 Å². The lowest BCUT2D eigenvalue weighted by molar-refractivity contribution is -0.146. The Morgan fingerprint density at radius 3 is 2.14 bits per heavy atom. The Labute approximate surface area is 127 Å². The lowest BCUT2D eigenvalue weighted by Gasteiger charge is -2.26. The number of carbonyl (C=O) groups is 2. The molecule has 7 heteroatoms. The van der Waals surface area contributed by atoms with E-state index in [9.17, 15) is 14.2 Å². The van der Waals surface area contributed by atoms with Crippen LogP contribution in [-0.2, 0) is 18.8 Å². The van der Waals surface area contributed by atoms with Gasteiger partial charge in [0.15, 0.2) is 0 Å². The number of alkyl carbamates (subject to hydrolysis) is 1. The highest BCUT2D eigenvalue weighted by molar-refractivity contribution is 7.62. The summed E-state index contributed by atoms with van der Waals surface area (Å²) in [6.45, 7) is 12.2. The first-order valence-electron chi connectivity index (χ1n) is 7.06. The molecule has 0 heterocycles. The van der Waals surface area contributed by atoms with E-state index in [4.69, 9.17) is 9.47 Å². The van der Waals surface area contributed by atoms with E-state index in [1.54, 1.807) is 47.9 Å². The zero-order chi connectivity index (χ0) is 16.8. The Morgan fingerprint density at radius 2 is 1.76 bits per heavy atom. The van der Waals surface area contributed by atoms with Crippen LogP contribution in [-0.4, -0.2) is 49.8 Å². The van der Waals surface area contributed by atoms with Crippen molar-refractivity contribution in [1.82, 2.24) is 5.32 Å². The first-order chi connectivity index (χ1) is 9.35. The van der Waals surface area contributed by atoms with Gasteiger partial charge in [-0.15, -0.1) is 0 Å². The summed E-state index contributed by atoms with van der Waals surface area (Å²) in [5.74, 6) is -0.846. The predicted molar refractivity (Wildman–Crippen MR) is 83.3 cm³/mol. The number of esters is 1. The van der Waals surface area contributed by atoms with Crippen molar-refractivity contribution < 1.29 is 23.6 Å². The van der Waals surface area contributed by atoms with Crippen molar-refractivity contribution in [1.29, 1.82) is 0 Å². The van der Waals surface area contributed by atoms with Gasteiger partial charge in [-0.05, 0) is 46.9 Å². The Morgan fingerprint density at radius 1 is 1.24 bits per heavy atom. The van der Waals surface area contributed by atoms with E-state index in [-0.39, 0.29) is 12.5 Å². The van der Waals surface area contributed by atoms with Crippen molar-refractivity contribution >= 4 is 19.2 Å². The highest BCUT2D eigenvalue weighted by Crippen LogP contribution is 2.39. The summed E-state index contributed by atoms with van der Waals surface area (Å²) < 4.78 is 22.1. The molecule has 124 valence electrons. The number of carbonyl (C=O) groups excluding carboxylic acids is 2. The van der Waals surface area contributed by atoms with Crippen molar-refractivity contribution in [3.8, 4) is 0 Å². The van der Waals surface area contributed by atoms with Crippen LogP contribution in [0.3, 0.4) is 0 Å². The molecular weight excluding hydrogens is 293 g/mol. The number of hydrogen-bond acceptors (Lipinski definition) is 5. The average Bonchev–Trinajstić information content (AvgIpc) is 2.20. The van der Waals surface area contributed by atoms with E-state index in [0.29, 0.717) is 6.16 Å². The van der Waals surface area contributed by atoms with Crippen LogP contribution < -0.4 is 5.32 Å². The highest BCUT2D eigenvalue weighted by Gasteiger charge is 2.32. The minimum Gasteiger partial charge on any atom is -0.464 e. The SMILES string of the molecule is CCOC(=O)[C@@H](NC(=O)OC(C)(C)C)[C@@H](C)CP(C)(C)=O. The molecule has 0 aromatic heterocycles. The van der Waals surface area contributed by atoms with E-state index >= 15 is 0 Å². The van der Waals surface area contributed by atoms with Gasteiger partial charge in [-0.25, -0.2) is 9.59 Å². The fourth-order valence-corrected chi connectivity index (χ4v) is 3.50. The number of nitrogens with one attached hydrogen (secondary N) is 1. The summed E-state index contributed by atoms with van der Waals surface area (Å²) in [4.78, 5) is 23.8. The molecule has 0 aromatic carbocycles. The lowest BCUT2D eigenvalue weighted by Crippen LogP contribution is -2.48. The molecule has 0 saturated carbocycles. The summed E-state index contributed by atoms with van der Waals surface area (Å²) in [5.41, 5.74) is -0.655. The molecule has 0 saturated heterocycles. The molecule has 0 aliphatic heterocycles. The Kier molecular flexibility index (Phi) is 7.45. The lowest BCUT2D eigenvalue weighted by atomic mass is 10.0. The van der Waals surface area contributed by atoms with Crippen LogP contribution in [0.15, 0.2) is 0 Å². The van der Waals surface area contributed by atoms with Crippen LogP contribution >= 0.6 is 7.14 Å². The number of amides is 1. The standard InChI is InChI=1S/C14H28NO5P/c1-8-19-12(16)11(10(2)9-21(6,7)18)15-13(17)20-14(3,4)5/h10-11H,8-9H2,1-7H3,(H,15,17)/t10-,11-/m0/s1. The van der Waals surface area contributed by atoms with E-state index < -0.39 is 30.8 Å². The van der Waals surface area contributed by atoms with E-state index in [1.165, 1.54) is 0 Å². The molecule has 2 atom stereocenters. The molecular formula is C14H28NO5P. The molecule has 1 amide bonds. The monoisotopic (exact) mass is 321 g/mol. The molecule has 0 rings (SSSR count). The van der Waals surface area contributed by atoms with Crippen LogP contribution in [0.1, 0.15) is 34.6 Å². The van der Waals surface area contributed by atoms with Gasteiger partial charge in [-0.1, -0.05) is 6.92 Å². The summed E-state index contributed by atoms with van der Waals surface area (Å²) in [5, 5.41) is 2.52. The second-order valence-electron chi connectivity index (χ2n) is 6.61. The van der Waals surface area contributed by atoms with E-state index in [2.05, 4.69) is 5.32 Å². The molecule has 0 aliphatic rings. The van der Waals surface area contributed by atoms with Gasteiger partial charge in [0.2, 0.25) is 0 Å². The van der Waals surface area contributed by atoms with Gasteiger partial charge in [0.1, 0.15) is 11.6 Å². The molecule has 0 aliphatic carbocycles.